The molecule has 3 aromatic rings. The highest BCUT2D eigenvalue weighted by atomic mass is 16.3. The van der Waals surface area contributed by atoms with Crippen molar-refractivity contribution in [1.29, 1.82) is 0 Å². The Morgan fingerprint density at radius 3 is 2.93 bits per heavy atom. The number of nitrogens with zero attached hydrogens (tertiary/aromatic N) is 3. The summed E-state index contributed by atoms with van der Waals surface area (Å²) in [5, 5.41) is 6.62. The van der Waals surface area contributed by atoms with Gasteiger partial charge in [-0.1, -0.05) is 0 Å². The third-order valence-electron chi connectivity index (χ3n) is 1.56. The van der Waals surface area contributed by atoms with E-state index in [0.29, 0.717) is 0 Å². The Morgan fingerprint density at radius 1 is 1.29 bits per heavy atom. The molecule has 0 saturated carbocycles. The highest BCUT2D eigenvalue weighted by Gasteiger charge is 1.89. The molecule has 0 fully saturated rings. The molecule has 0 aliphatic heterocycles. The van der Waals surface area contributed by atoms with Crippen molar-refractivity contribution in [2.45, 2.75) is 0 Å². The maximum atomic E-state index is 4.47. The van der Waals surface area contributed by atoms with Gasteiger partial charge in [-0.2, -0.15) is 5.10 Å². The summed E-state index contributed by atoms with van der Waals surface area (Å²) in [6.07, 6.45) is 7.92. The molecule has 3 aromatic heterocycles. The molecule has 0 aliphatic carbocycles. The first-order valence-electron chi connectivity index (χ1n) is 4.03. The number of aromatic nitrogens is 4. The molecule has 0 bridgehead atoms. The molecule has 0 atom stereocenters. The second kappa shape index (κ2) is 4.18. The number of fused-ring (bicyclic) bond motifs is 1. The lowest BCUT2D eigenvalue weighted by Gasteiger charge is -1.80. The largest absolute Gasteiger partial charge is 0.452 e. The summed E-state index contributed by atoms with van der Waals surface area (Å²) in [7, 11) is 0. The first kappa shape index (κ1) is 8.43. The van der Waals surface area contributed by atoms with E-state index in [1.54, 1.807) is 18.6 Å². The Morgan fingerprint density at radius 2 is 2.29 bits per heavy atom. The van der Waals surface area contributed by atoms with E-state index in [0.717, 1.165) is 11.0 Å². The minimum atomic E-state index is 0.914. The van der Waals surface area contributed by atoms with Crippen molar-refractivity contribution >= 4 is 11.0 Å². The van der Waals surface area contributed by atoms with Crippen LogP contribution in [0.4, 0.5) is 0 Å². The van der Waals surface area contributed by atoms with Gasteiger partial charge in [-0.25, -0.2) is 4.98 Å². The number of aromatic amines is 1. The summed E-state index contributed by atoms with van der Waals surface area (Å²) >= 11 is 0. The summed E-state index contributed by atoms with van der Waals surface area (Å²) in [5.41, 5.74) is 1.90. The minimum Gasteiger partial charge on any atom is -0.452 e. The second-order valence-electron chi connectivity index (χ2n) is 2.48. The Balaban J connectivity index is 0.000000128. The van der Waals surface area contributed by atoms with Crippen LogP contribution in [-0.2, 0) is 0 Å². The first-order chi connectivity index (χ1) is 6.97. The molecule has 0 radical (unpaired) electrons. The molecule has 0 spiro atoms. The van der Waals surface area contributed by atoms with Crippen LogP contribution in [-0.4, -0.2) is 20.2 Å². The summed E-state index contributed by atoms with van der Waals surface area (Å²) in [5.74, 6) is 0. The molecule has 0 amide bonds. The molecular formula is C9H8N4O. The lowest BCUT2D eigenvalue weighted by Crippen LogP contribution is -1.69. The van der Waals surface area contributed by atoms with Gasteiger partial charge in [0.2, 0.25) is 0 Å². The molecule has 1 N–H and O–H groups in total. The van der Waals surface area contributed by atoms with Gasteiger partial charge in [0.15, 0.2) is 6.39 Å². The van der Waals surface area contributed by atoms with E-state index in [9.17, 15) is 0 Å². The Kier molecular flexibility index (Phi) is 2.51. The van der Waals surface area contributed by atoms with Gasteiger partial charge in [-0.05, 0) is 12.1 Å². The topological polar surface area (TPSA) is 67.6 Å². The summed E-state index contributed by atoms with van der Waals surface area (Å²) in [6, 6.07) is 3.82. The molecule has 0 unspecified atom stereocenters. The van der Waals surface area contributed by atoms with Crippen LogP contribution >= 0.6 is 0 Å². The van der Waals surface area contributed by atoms with Crippen LogP contribution in [0.1, 0.15) is 0 Å². The average molecular weight is 188 g/mol. The monoisotopic (exact) mass is 188 g/mol. The predicted octanol–water partition coefficient (Wildman–Crippen LogP) is 1.63. The molecule has 3 rings (SSSR count). The minimum absolute atomic E-state index is 0.914. The van der Waals surface area contributed by atoms with E-state index in [1.165, 1.54) is 12.7 Å². The van der Waals surface area contributed by atoms with E-state index < -0.39 is 0 Å². The number of oxazole rings is 1. The number of pyridine rings is 1. The van der Waals surface area contributed by atoms with Gasteiger partial charge in [0.25, 0.3) is 0 Å². The fraction of sp³-hybridized carbons (Fsp3) is 0. The van der Waals surface area contributed by atoms with Gasteiger partial charge < -0.3 is 4.42 Å². The lowest BCUT2D eigenvalue weighted by atomic mass is 10.4. The zero-order valence-electron chi connectivity index (χ0n) is 7.29. The molecule has 70 valence electrons. The smallest absolute Gasteiger partial charge is 0.180 e. The quantitative estimate of drug-likeness (QED) is 0.582. The predicted molar refractivity (Wildman–Crippen MR) is 50.4 cm³/mol. The molecule has 5 nitrogen and oxygen atoms in total. The number of H-pyrrole nitrogens is 1. The third kappa shape index (κ3) is 1.95. The second-order valence-corrected chi connectivity index (χ2v) is 2.48. The SMILES string of the molecule is c1cnc2cn[nH]c2c1.c1cocn1. The summed E-state index contributed by atoms with van der Waals surface area (Å²) in [6.45, 7) is 0. The van der Waals surface area contributed by atoms with Crippen LogP contribution in [0.25, 0.3) is 11.0 Å². The normalized spacial score (nSPS) is 9.43. The number of hydrogen-bond acceptors (Lipinski definition) is 4. The van der Waals surface area contributed by atoms with Crippen molar-refractivity contribution in [3.8, 4) is 0 Å². The van der Waals surface area contributed by atoms with Crippen molar-refractivity contribution < 1.29 is 4.42 Å². The number of hydrogen-bond donors (Lipinski definition) is 1. The summed E-state index contributed by atoms with van der Waals surface area (Å²) in [4.78, 5) is 7.60. The van der Waals surface area contributed by atoms with E-state index >= 15 is 0 Å². The van der Waals surface area contributed by atoms with Gasteiger partial charge in [0.1, 0.15) is 11.8 Å². The molecule has 3 heterocycles. The highest BCUT2D eigenvalue weighted by Crippen LogP contribution is 2.02. The molecule has 0 saturated heterocycles. The van der Waals surface area contributed by atoms with Gasteiger partial charge in [0.05, 0.1) is 17.9 Å². The van der Waals surface area contributed by atoms with Crippen molar-refractivity contribution in [3.05, 3.63) is 43.4 Å². The van der Waals surface area contributed by atoms with Gasteiger partial charge in [-0.15, -0.1) is 0 Å². The Hall–Kier alpha value is -2.17. The highest BCUT2D eigenvalue weighted by molar-refractivity contribution is 5.72. The lowest BCUT2D eigenvalue weighted by molar-refractivity contribution is 0.558. The summed E-state index contributed by atoms with van der Waals surface area (Å²) < 4.78 is 4.47. The van der Waals surface area contributed by atoms with Crippen molar-refractivity contribution in [1.82, 2.24) is 20.2 Å². The number of nitrogens with one attached hydrogen (secondary N) is 1. The van der Waals surface area contributed by atoms with Crippen LogP contribution in [0.5, 0.6) is 0 Å². The van der Waals surface area contributed by atoms with Crippen molar-refractivity contribution in [2.75, 3.05) is 0 Å². The van der Waals surface area contributed by atoms with E-state index in [2.05, 4.69) is 24.6 Å². The molecule has 5 heteroatoms. The third-order valence-corrected chi connectivity index (χ3v) is 1.56. The zero-order valence-corrected chi connectivity index (χ0v) is 7.29. The zero-order chi connectivity index (χ0) is 9.64. The average Bonchev–Trinajstić information content (AvgIpc) is 2.92. The Labute approximate surface area is 79.8 Å². The molecule has 0 aromatic carbocycles. The molecule has 0 aliphatic rings. The van der Waals surface area contributed by atoms with Crippen LogP contribution in [0.15, 0.2) is 47.8 Å². The van der Waals surface area contributed by atoms with Gasteiger partial charge >= 0.3 is 0 Å². The van der Waals surface area contributed by atoms with Gasteiger partial charge in [0, 0.05) is 6.20 Å². The maximum absolute atomic E-state index is 4.47. The number of rotatable bonds is 0. The standard InChI is InChI=1S/C6H5N3.C3H3NO/c1-2-5-6(7-3-1)4-8-9-5;1-2-5-3-4-1/h1-4H,(H,8,9);1-3H. The van der Waals surface area contributed by atoms with Crippen molar-refractivity contribution in [3.63, 3.8) is 0 Å². The van der Waals surface area contributed by atoms with Crippen LogP contribution in [0, 0.1) is 0 Å². The van der Waals surface area contributed by atoms with E-state index in [-0.39, 0.29) is 0 Å². The first-order valence-corrected chi connectivity index (χ1v) is 4.03. The van der Waals surface area contributed by atoms with Gasteiger partial charge in [-0.3, -0.25) is 10.1 Å². The molecular weight excluding hydrogens is 180 g/mol. The van der Waals surface area contributed by atoms with Crippen molar-refractivity contribution in [2.24, 2.45) is 0 Å². The molecule has 14 heavy (non-hydrogen) atoms. The van der Waals surface area contributed by atoms with E-state index in [4.69, 9.17) is 0 Å². The Bertz CT molecular complexity index is 427. The van der Waals surface area contributed by atoms with E-state index in [1.807, 2.05) is 12.1 Å². The van der Waals surface area contributed by atoms with Crippen LogP contribution in [0.3, 0.4) is 0 Å². The fourth-order valence-electron chi connectivity index (χ4n) is 0.954. The van der Waals surface area contributed by atoms with Crippen LogP contribution in [0.2, 0.25) is 0 Å². The maximum Gasteiger partial charge on any atom is 0.180 e. The fourth-order valence-corrected chi connectivity index (χ4v) is 0.954. The van der Waals surface area contributed by atoms with Crippen LogP contribution < -0.4 is 0 Å².